The number of piperidine rings is 1. The van der Waals surface area contributed by atoms with Gasteiger partial charge in [-0.3, -0.25) is 4.79 Å². The van der Waals surface area contributed by atoms with E-state index in [1.165, 1.54) is 12.1 Å². The Labute approximate surface area is 146 Å². The number of carboxylic acid groups (broad SMARTS) is 1. The second-order valence-corrected chi connectivity index (χ2v) is 6.74. The fourth-order valence-electron chi connectivity index (χ4n) is 2.99. The predicted molar refractivity (Wildman–Crippen MR) is 94.1 cm³/mol. The molecular weight excluding hydrogens is 321 g/mol. The van der Waals surface area contributed by atoms with Crippen molar-refractivity contribution in [2.75, 3.05) is 18.0 Å². The molecule has 0 unspecified atom stereocenters. The third-order valence-corrected chi connectivity index (χ3v) is 4.59. The number of carbonyl (C=O) groups is 1. The SMILES string of the molecule is CC(C)c1cc(N2CCC(C(=O)O)CC2)nc(-c2ccc(F)cc2)n1. The van der Waals surface area contributed by atoms with E-state index in [0.29, 0.717) is 31.8 Å². The Morgan fingerprint density at radius 1 is 1.20 bits per heavy atom. The van der Waals surface area contributed by atoms with Gasteiger partial charge in [-0.2, -0.15) is 0 Å². The number of hydrogen-bond acceptors (Lipinski definition) is 4. The molecule has 0 bridgehead atoms. The number of anilines is 1. The Kier molecular flexibility index (Phi) is 4.97. The van der Waals surface area contributed by atoms with Crippen molar-refractivity contribution in [3.63, 3.8) is 0 Å². The molecule has 3 rings (SSSR count). The van der Waals surface area contributed by atoms with Crippen LogP contribution in [0.3, 0.4) is 0 Å². The highest BCUT2D eigenvalue weighted by atomic mass is 19.1. The van der Waals surface area contributed by atoms with Crippen molar-refractivity contribution in [3.05, 3.63) is 41.8 Å². The van der Waals surface area contributed by atoms with E-state index in [4.69, 9.17) is 5.11 Å². The molecule has 1 aliphatic heterocycles. The van der Waals surface area contributed by atoms with E-state index in [-0.39, 0.29) is 17.7 Å². The van der Waals surface area contributed by atoms with Crippen molar-refractivity contribution in [3.8, 4) is 11.4 Å². The highest BCUT2D eigenvalue weighted by Crippen LogP contribution is 2.27. The lowest BCUT2D eigenvalue weighted by Gasteiger charge is -2.31. The summed E-state index contributed by atoms with van der Waals surface area (Å²) in [5.41, 5.74) is 1.69. The van der Waals surface area contributed by atoms with E-state index in [1.807, 2.05) is 6.07 Å². The van der Waals surface area contributed by atoms with Crippen molar-refractivity contribution < 1.29 is 14.3 Å². The number of rotatable bonds is 4. The molecule has 2 aromatic rings. The number of nitrogens with zero attached hydrogens (tertiary/aromatic N) is 3. The molecule has 1 N–H and O–H groups in total. The van der Waals surface area contributed by atoms with Gasteiger partial charge in [0.25, 0.3) is 0 Å². The second kappa shape index (κ2) is 7.17. The minimum atomic E-state index is -0.725. The molecule has 1 saturated heterocycles. The van der Waals surface area contributed by atoms with E-state index in [1.54, 1.807) is 12.1 Å². The average Bonchev–Trinajstić information content (AvgIpc) is 2.62. The third-order valence-electron chi connectivity index (χ3n) is 4.59. The van der Waals surface area contributed by atoms with E-state index < -0.39 is 5.97 Å². The van der Waals surface area contributed by atoms with E-state index in [2.05, 4.69) is 28.7 Å². The Balaban J connectivity index is 1.91. The van der Waals surface area contributed by atoms with Crippen LogP contribution in [0.25, 0.3) is 11.4 Å². The van der Waals surface area contributed by atoms with Crippen molar-refractivity contribution >= 4 is 11.8 Å². The highest BCUT2D eigenvalue weighted by molar-refractivity contribution is 5.70. The maximum absolute atomic E-state index is 13.2. The lowest BCUT2D eigenvalue weighted by molar-refractivity contribution is -0.142. The lowest BCUT2D eigenvalue weighted by Crippen LogP contribution is -2.37. The largest absolute Gasteiger partial charge is 0.481 e. The van der Waals surface area contributed by atoms with Crippen LogP contribution >= 0.6 is 0 Å². The first-order valence-corrected chi connectivity index (χ1v) is 8.56. The average molecular weight is 343 g/mol. The van der Waals surface area contributed by atoms with Crippen molar-refractivity contribution in [1.82, 2.24) is 9.97 Å². The summed E-state index contributed by atoms with van der Waals surface area (Å²) in [5.74, 6) is 0.317. The molecule has 1 aromatic carbocycles. The molecule has 0 atom stereocenters. The standard InChI is InChI=1S/C19H22FN3O2/c1-12(2)16-11-17(23-9-7-14(8-10-23)19(24)25)22-18(21-16)13-3-5-15(20)6-4-13/h3-6,11-12,14H,7-10H2,1-2H3,(H,24,25). The maximum atomic E-state index is 13.2. The quantitative estimate of drug-likeness (QED) is 0.917. The van der Waals surface area contributed by atoms with Crippen molar-refractivity contribution in [2.24, 2.45) is 5.92 Å². The number of hydrogen-bond donors (Lipinski definition) is 1. The summed E-state index contributed by atoms with van der Waals surface area (Å²) in [6, 6.07) is 8.13. The minimum absolute atomic E-state index is 0.234. The molecule has 0 saturated carbocycles. The number of carboxylic acids is 1. The summed E-state index contributed by atoms with van der Waals surface area (Å²) >= 11 is 0. The van der Waals surface area contributed by atoms with Crippen LogP contribution in [-0.2, 0) is 4.79 Å². The fourth-order valence-corrected chi connectivity index (χ4v) is 2.99. The van der Waals surface area contributed by atoms with Crippen LogP contribution in [0.2, 0.25) is 0 Å². The van der Waals surface area contributed by atoms with E-state index in [9.17, 15) is 9.18 Å². The smallest absolute Gasteiger partial charge is 0.306 e. The zero-order valence-corrected chi connectivity index (χ0v) is 14.4. The van der Waals surface area contributed by atoms with Crippen LogP contribution < -0.4 is 4.90 Å². The van der Waals surface area contributed by atoms with Gasteiger partial charge in [-0.05, 0) is 43.0 Å². The van der Waals surface area contributed by atoms with Crippen LogP contribution in [0.5, 0.6) is 0 Å². The Morgan fingerprint density at radius 2 is 1.84 bits per heavy atom. The Hall–Kier alpha value is -2.50. The zero-order valence-electron chi connectivity index (χ0n) is 14.4. The van der Waals surface area contributed by atoms with Gasteiger partial charge in [-0.25, -0.2) is 14.4 Å². The number of aromatic nitrogens is 2. The van der Waals surface area contributed by atoms with Gasteiger partial charge in [0.1, 0.15) is 11.6 Å². The molecule has 1 aromatic heterocycles. The molecule has 0 amide bonds. The minimum Gasteiger partial charge on any atom is -0.481 e. The summed E-state index contributed by atoms with van der Waals surface area (Å²) in [5, 5.41) is 9.15. The Bertz CT molecular complexity index is 754. The molecule has 6 heteroatoms. The molecule has 0 aliphatic carbocycles. The molecular formula is C19H22FN3O2. The highest BCUT2D eigenvalue weighted by Gasteiger charge is 2.26. The second-order valence-electron chi connectivity index (χ2n) is 6.74. The molecule has 0 radical (unpaired) electrons. The molecule has 5 nitrogen and oxygen atoms in total. The van der Waals surface area contributed by atoms with Crippen LogP contribution in [0.15, 0.2) is 30.3 Å². The van der Waals surface area contributed by atoms with E-state index >= 15 is 0 Å². The van der Waals surface area contributed by atoms with Gasteiger partial charge in [-0.15, -0.1) is 0 Å². The van der Waals surface area contributed by atoms with Gasteiger partial charge >= 0.3 is 5.97 Å². The number of benzene rings is 1. The normalized spacial score (nSPS) is 15.6. The third kappa shape index (κ3) is 3.95. The summed E-state index contributed by atoms with van der Waals surface area (Å²) in [6.07, 6.45) is 1.23. The summed E-state index contributed by atoms with van der Waals surface area (Å²) in [7, 11) is 0. The number of halogens is 1. The van der Waals surface area contributed by atoms with Crippen molar-refractivity contribution in [2.45, 2.75) is 32.6 Å². The summed E-state index contributed by atoms with van der Waals surface area (Å²) < 4.78 is 13.2. The first kappa shape index (κ1) is 17.3. The summed E-state index contributed by atoms with van der Waals surface area (Å²) in [4.78, 5) is 22.5. The van der Waals surface area contributed by atoms with Crippen LogP contribution in [0.1, 0.15) is 38.3 Å². The van der Waals surface area contributed by atoms with Gasteiger partial charge in [-0.1, -0.05) is 13.8 Å². The van der Waals surface area contributed by atoms with Gasteiger partial charge in [0.05, 0.1) is 5.92 Å². The van der Waals surface area contributed by atoms with Gasteiger partial charge in [0, 0.05) is 30.4 Å². The van der Waals surface area contributed by atoms with Crippen LogP contribution in [0.4, 0.5) is 10.2 Å². The van der Waals surface area contributed by atoms with Gasteiger partial charge < -0.3 is 10.0 Å². The van der Waals surface area contributed by atoms with Gasteiger partial charge in [0.2, 0.25) is 0 Å². The van der Waals surface area contributed by atoms with E-state index in [0.717, 1.165) is 17.1 Å². The molecule has 25 heavy (non-hydrogen) atoms. The first-order chi connectivity index (χ1) is 11.9. The molecule has 1 fully saturated rings. The zero-order chi connectivity index (χ0) is 18.0. The maximum Gasteiger partial charge on any atom is 0.306 e. The van der Waals surface area contributed by atoms with Crippen LogP contribution in [-0.4, -0.2) is 34.1 Å². The molecule has 2 heterocycles. The molecule has 0 spiro atoms. The monoisotopic (exact) mass is 343 g/mol. The number of aliphatic carboxylic acids is 1. The topological polar surface area (TPSA) is 66.3 Å². The molecule has 1 aliphatic rings. The Morgan fingerprint density at radius 3 is 2.40 bits per heavy atom. The van der Waals surface area contributed by atoms with Crippen LogP contribution in [0, 0.1) is 11.7 Å². The predicted octanol–water partition coefficient (Wildman–Crippen LogP) is 3.71. The first-order valence-electron chi connectivity index (χ1n) is 8.56. The van der Waals surface area contributed by atoms with Gasteiger partial charge in [0.15, 0.2) is 5.82 Å². The summed E-state index contributed by atoms with van der Waals surface area (Å²) in [6.45, 7) is 5.46. The molecule has 132 valence electrons. The van der Waals surface area contributed by atoms with Crippen molar-refractivity contribution in [1.29, 1.82) is 0 Å². The fraction of sp³-hybridized carbons (Fsp3) is 0.421. The lowest BCUT2D eigenvalue weighted by atomic mass is 9.97.